The number of hydrogen-bond acceptors (Lipinski definition) is 3. The van der Waals surface area contributed by atoms with Gasteiger partial charge in [0.05, 0.1) is 11.8 Å². The molecule has 2 N–H and O–H groups in total. The van der Waals surface area contributed by atoms with Gasteiger partial charge in [0.15, 0.2) is 0 Å². The van der Waals surface area contributed by atoms with Gasteiger partial charge in [-0.3, -0.25) is 0 Å². The molecule has 1 aromatic carbocycles. The fraction of sp³-hybridized carbons (Fsp3) is 0.611. The number of aryl methyl sites for hydroxylation is 1. The van der Waals surface area contributed by atoms with E-state index < -0.39 is 10.0 Å². The van der Waals surface area contributed by atoms with E-state index in [9.17, 15) is 13.2 Å². The fourth-order valence-electron chi connectivity index (χ4n) is 3.75. The third kappa shape index (κ3) is 4.33. The SMILES string of the molecule is CCS(=O)(=O)N1CCC(NC(=O)NC2CCCc3ccccc32)CC1. The molecule has 1 heterocycles. The summed E-state index contributed by atoms with van der Waals surface area (Å²) < 4.78 is 25.3. The average molecular weight is 365 g/mol. The zero-order valence-corrected chi connectivity index (χ0v) is 15.5. The third-order valence-corrected chi connectivity index (χ3v) is 7.10. The maximum atomic E-state index is 12.4. The summed E-state index contributed by atoms with van der Waals surface area (Å²) >= 11 is 0. The van der Waals surface area contributed by atoms with Crippen LogP contribution in [-0.4, -0.2) is 43.6 Å². The van der Waals surface area contributed by atoms with E-state index in [4.69, 9.17) is 0 Å². The van der Waals surface area contributed by atoms with Crippen LogP contribution < -0.4 is 10.6 Å². The molecule has 1 fully saturated rings. The predicted molar refractivity (Wildman–Crippen MR) is 97.8 cm³/mol. The molecule has 7 heteroatoms. The first-order valence-corrected chi connectivity index (χ1v) is 10.7. The van der Waals surface area contributed by atoms with E-state index in [1.165, 1.54) is 15.4 Å². The number of sulfonamides is 1. The molecule has 1 saturated heterocycles. The Morgan fingerprint density at radius 2 is 1.88 bits per heavy atom. The van der Waals surface area contributed by atoms with Gasteiger partial charge in [0.1, 0.15) is 0 Å². The van der Waals surface area contributed by atoms with Crippen molar-refractivity contribution in [3.63, 3.8) is 0 Å². The van der Waals surface area contributed by atoms with Crippen LogP contribution in [0.1, 0.15) is 49.8 Å². The summed E-state index contributed by atoms with van der Waals surface area (Å²) in [5.41, 5.74) is 2.53. The van der Waals surface area contributed by atoms with Crippen molar-refractivity contribution in [3.8, 4) is 0 Å². The number of benzene rings is 1. The number of fused-ring (bicyclic) bond motifs is 1. The van der Waals surface area contributed by atoms with Gasteiger partial charge in [0.25, 0.3) is 0 Å². The van der Waals surface area contributed by atoms with Gasteiger partial charge in [-0.2, -0.15) is 0 Å². The first-order chi connectivity index (χ1) is 12.0. The number of carbonyl (C=O) groups excluding carboxylic acids is 1. The molecule has 0 saturated carbocycles. The molecule has 0 bridgehead atoms. The minimum absolute atomic E-state index is 0.0298. The number of nitrogens with one attached hydrogen (secondary N) is 2. The molecular formula is C18H27N3O3S. The zero-order chi connectivity index (χ0) is 17.9. The summed E-state index contributed by atoms with van der Waals surface area (Å²) in [6, 6.07) is 8.21. The van der Waals surface area contributed by atoms with Crippen LogP contribution in [0.2, 0.25) is 0 Å². The number of piperidine rings is 1. The largest absolute Gasteiger partial charge is 0.335 e. The van der Waals surface area contributed by atoms with Gasteiger partial charge in [0.2, 0.25) is 10.0 Å². The smallest absolute Gasteiger partial charge is 0.315 e. The van der Waals surface area contributed by atoms with Crippen LogP contribution in [0.3, 0.4) is 0 Å². The van der Waals surface area contributed by atoms with Crippen LogP contribution in [0, 0.1) is 0 Å². The second-order valence-electron chi connectivity index (χ2n) is 6.84. The topological polar surface area (TPSA) is 78.5 Å². The van der Waals surface area contributed by atoms with E-state index in [1.807, 2.05) is 12.1 Å². The predicted octanol–water partition coefficient (Wildman–Crippen LogP) is 2.18. The molecule has 0 aromatic heterocycles. The Kier molecular flexibility index (Phi) is 5.64. The van der Waals surface area contributed by atoms with Crippen molar-refractivity contribution in [1.29, 1.82) is 0 Å². The lowest BCUT2D eigenvalue weighted by molar-refractivity contribution is 0.222. The van der Waals surface area contributed by atoms with Crippen molar-refractivity contribution in [2.75, 3.05) is 18.8 Å². The van der Waals surface area contributed by atoms with E-state index in [-0.39, 0.29) is 23.9 Å². The van der Waals surface area contributed by atoms with Gasteiger partial charge in [-0.25, -0.2) is 17.5 Å². The number of rotatable bonds is 4. The van der Waals surface area contributed by atoms with Gasteiger partial charge in [0, 0.05) is 19.1 Å². The minimum atomic E-state index is -3.12. The van der Waals surface area contributed by atoms with Crippen LogP contribution in [0.15, 0.2) is 24.3 Å². The third-order valence-electron chi connectivity index (χ3n) is 5.22. The minimum Gasteiger partial charge on any atom is -0.335 e. The van der Waals surface area contributed by atoms with Crippen LogP contribution in [0.5, 0.6) is 0 Å². The molecule has 1 atom stereocenters. The maximum Gasteiger partial charge on any atom is 0.315 e. The number of amides is 2. The van der Waals surface area contributed by atoms with Gasteiger partial charge in [-0.05, 0) is 50.2 Å². The van der Waals surface area contributed by atoms with E-state index in [1.54, 1.807) is 6.92 Å². The number of nitrogens with zero attached hydrogens (tertiary/aromatic N) is 1. The van der Waals surface area contributed by atoms with Crippen LogP contribution in [0.25, 0.3) is 0 Å². The first kappa shape index (κ1) is 18.2. The van der Waals surface area contributed by atoms with Crippen LogP contribution in [0.4, 0.5) is 4.79 Å². The second-order valence-corrected chi connectivity index (χ2v) is 9.09. The highest BCUT2D eigenvalue weighted by molar-refractivity contribution is 7.89. The molecule has 138 valence electrons. The number of carbonyl (C=O) groups is 1. The molecule has 0 spiro atoms. The standard InChI is InChI=1S/C18H27N3O3S/c1-2-25(23,24)21-12-10-15(11-13-21)19-18(22)20-17-9-5-7-14-6-3-4-8-16(14)17/h3-4,6,8,15,17H,2,5,7,9-13H2,1H3,(H2,19,20,22). The van der Waals surface area contributed by atoms with Crippen molar-refractivity contribution >= 4 is 16.1 Å². The van der Waals surface area contributed by atoms with Crippen LogP contribution in [-0.2, 0) is 16.4 Å². The van der Waals surface area contributed by atoms with Gasteiger partial charge in [-0.1, -0.05) is 24.3 Å². The van der Waals surface area contributed by atoms with Crippen LogP contribution >= 0.6 is 0 Å². The highest BCUT2D eigenvalue weighted by atomic mass is 32.2. The van der Waals surface area contributed by atoms with Gasteiger partial charge >= 0.3 is 6.03 Å². The van der Waals surface area contributed by atoms with E-state index in [0.29, 0.717) is 25.9 Å². The molecular weight excluding hydrogens is 338 g/mol. The van der Waals surface area contributed by atoms with Crippen molar-refractivity contribution in [2.24, 2.45) is 0 Å². The Balaban J connectivity index is 1.51. The first-order valence-electron chi connectivity index (χ1n) is 9.12. The maximum absolute atomic E-state index is 12.4. The van der Waals surface area contributed by atoms with Gasteiger partial charge < -0.3 is 10.6 Å². The number of urea groups is 1. The van der Waals surface area contributed by atoms with Crippen molar-refractivity contribution in [3.05, 3.63) is 35.4 Å². The Morgan fingerprint density at radius 1 is 1.16 bits per heavy atom. The van der Waals surface area contributed by atoms with E-state index in [2.05, 4.69) is 22.8 Å². The quantitative estimate of drug-likeness (QED) is 0.858. The monoisotopic (exact) mass is 365 g/mol. The highest BCUT2D eigenvalue weighted by Gasteiger charge is 2.28. The van der Waals surface area contributed by atoms with Crippen molar-refractivity contribution in [1.82, 2.24) is 14.9 Å². The summed E-state index contributed by atoms with van der Waals surface area (Å²) in [7, 11) is -3.12. The molecule has 2 aliphatic rings. The molecule has 25 heavy (non-hydrogen) atoms. The van der Waals surface area contributed by atoms with Crippen molar-refractivity contribution < 1.29 is 13.2 Å². The molecule has 2 amide bonds. The zero-order valence-electron chi connectivity index (χ0n) is 14.7. The molecule has 1 aliphatic carbocycles. The molecule has 1 aromatic rings. The lowest BCUT2D eigenvalue weighted by Crippen LogP contribution is -2.50. The molecule has 0 radical (unpaired) electrons. The van der Waals surface area contributed by atoms with Crippen molar-refractivity contribution in [2.45, 2.75) is 51.1 Å². The second kappa shape index (κ2) is 7.74. The van der Waals surface area contributed by atoms with E-state index >= 15 is 0 Å². The summed E-state index contributed by atoms with van der Waals surface area (Å²) in [6.07, 6.45) is 4.43. The molecule has 1 aliphatic heterocycles. The molecule has 6 nitrogen and oxygen atoms in total. The average Bonchev–Trinajstić information content (AvgIpc) is 2.62. The fourth-order valence-corrected chi connectivity index (χ4v) is 4.88. The normalized spacial score (nSPS) is 22.2. The Hall–Kier alpha value is -1.60. The Bertz CT molecular complexity index is 712. The highest BCUT2D eigenvalue weighted by Crippen LogP contribution is 2.29. The number of hydrogen-bond donors (Lipinski definition) is 2. The summed E-state index contributed by atoms with van der Waals surface area (Å²) in [5.74, 6) is 0.132. The van der Waals surface area contributed by atoms with Gasteiger partial charge in [-0.15, -0.1) is 0 Å². The Morgan fingerprint density at radius 3 is 2.60 bits per heavy atom. The Labute approximate surface area is 150 Å². The lowest BCUT2D eigenvalue weighted by atomic mass is 9.88. The summed E-state index contributed by atoms with van der Waals surface area (Å²) in [6.45, 7) is 2.62. The molecule has 1 unspecified atom stereocenters. The van der Waals surface area contributed by atoms with E-state index in [0.717, 1.165) is 19.3 Å². The molecule has 3 rings (SSSR count). The lowest BCUT2D eigenvalue weighted by Gasteiger charge is -2.32. The summed E-state index contributed by atoms with van der Waals surface area (Å²) in [4.78, 5) is 12.4. The summed E-state index contributed by atoms with van der Waals surface area (Å²) in [5, 5.41) is 6.11.